The number of aromatic nitrogens is 1. The summed E-state index contributed by atoms with van der Waals surface area (Å²) in [6.45, 7) is 0.473. The molecule has 1 N–H and O–H groups in total. The lowest BCUT2D eigenvalue weighted by Crippen LogP contribution is -2.28. The van der Waals surface area contributed by atoms with Crippen molar-refractivity contribution < 1.29 is 4.79 Å². The Labute approximate surface area is 168 Å². The van der Waals surface area contributed by atoms with Crippen molar-refractivity contribution >= 4 is 29.1 Å². The largest absolute Gasteiger partial charge is 0.352 e. The maximum atomic E-state index is 12.9. The predicted octanol–water partition coefficient (Wildman–Crippen LogP) is 5.01. The topological polar surface area (TPSA) is 42.0 Å². The molecular weight excluding hydrogens is 379 g/mol. The van der Waals surface area contributed by atoms with Crippen LogP contribution in [0.1, 0.15) is 23.1 Å². The Bertz CT molecular complexity index is 895. The Balaban J connectivity index is 1.60. The number of nitrogens with zero attached hydrogens (tertiary/aromatic N) is 1. The van der Waals surface area contributed by atoms with Crippen LogP contribution < -0.4 is 5.32 Å². The molecule has 0 spiro atoms. The van der Waals surface area contributed by atoms with Gasteiger partial charge in [-0.2, -0.15) is 0 Å². The second-order valence-corrected chi connectivity index (χ2v) is 7.69. The van der Waals surface area contributed by atoms with E-state index in [1.165, 1.54) is 0 Å². The highest BCUT2D eigenvalue weighted by Gasteiger charge is 2.60. The molecule has 3 nitrogen and oxygen atoms in total. The van der Waals surface area contributed by atoms with Crippen LogP contribution in [0.15, 0.2) is 73.1 Å². The molecule has 136 valence electrons. The van der Waals surface area contributed by atoms with Crippen LogP contribution in [0, 0.1) is 5.92 Å². The highest BCUT2D eigenvalue weighted by atomic mass is 35.5. The van der Waals surface area contributed by atoms with E-state index in [0.717, 1.165) is 23.1 Å². The van der Waals surface area contributed by atoms with E-state index in [4.69, 9.17) is 23.2 Å². The van der Waals surface area contributed by atoms with E-state index in [-0.39, 0.29) is 17.2 Å². The monoisotopic (exact) mass is 396 g/mol. The molecule has 0 saturated heterocycles. The van der Waals surface area contributed by atoms with Gasteiger partial charge in [0.15, 0.2) is 0 Å². The van der Waals surface area contributed by atoms with Crippen molar-refractivity contribution in [2.75, 3.05) is 0 Å². The first-order valence-electron chi connectivity index (χ1n) is 8.78. The summed E-state index contributed by atoms with van der Waals surface area (Å²) in [5.41, 5.74) is 2.83. The van der Waals surface area contributed by atoms with Crippen molar-refractivity contribution in [3.63, 3.8) is 0 Å². The number of carbonyl (C=O) groups excluding carboxylic acids is 1. The normalized spacial score (nSPS) is 17.3. The van der Waals surface area contributed by atoms with Gasteiger partial charge in [0.05, 0.1) is 5.92 Å². The molecule has 0 bridgehead atoms. The second kappa shape index (κ2) is 7.34. The van der Waals surface area contributed by atoms with E-state index in [2.05, 4.69) is 10.3 Å². The predicted molar refractivity (Wildman–Crippen MR) is 108 cm³/mol. The van der Waals surface area contributed by atoms with Gasteiger partial charge in [0, 0.05) is 34.4 Å². The molecule has 3 aromatic rings. The summed E-state index contributed by atoms with van der Waals surface area (Å²) in [5, 5.41) is 4.41. The smallest absolute Gasteiger partial charge is 0.224 e. The minimum absolute atomic E-state index is 0.0451. The number of pyridine rings is 1. The Morgan fingerprint density at radius 2 is 1.59 bits per heavy atom. The molecule has 0 radical (unpaired) electrons. The van der Waals surface area contributed by atoms with E-state index in [9.17, 15) is 4.79 Å². The van der Waals surface area contributed by atoms with Crippen LogP contribution >= 0.6 is 23.2 Å². The molecule has 0 unspecified atom stereocenters. The number of hydrogen-bond donors (Lipinski definition) is 1. The summed E-state index contributed by atoms with van der Waals surface area (Å²) in [5.74, 6) is -0.0831. The number of amides is 1. The van der Waals surface area contributed by atoms with E-state index in [0.29, 0.717) is 16.6 Å². The van der Waals surface area contributed by atoms with Gasteiger partial charge in [0.1, 0.15) is 0 Å². The van der Waals surface area contributed by atoms with Gasteiger partial charge in [-0.1, -0.05) is 53.5 Å². The summed E-state index contributed by atoms with van der Waals surface area (Å²) in [7, 11) is 0. The summed E-state index contributed by atoms with van der Waals surface area (Å²) < 4.78 is 0. The Hall–Kier alpha value is -2.36. The lowest BCUT2D eigenvalue weighted by atomic mass is 9.85. The fourth-order valence-corrected chi connectivity index (χ4v) is 3.95. The summed E-state index contributed by atoms with van der Waals surface area (Å²) in [6.07, 6.45) is 4.24. The molecule has 5 heteroatoms. The number of halogens is 2. The van der Waals surface area contributed by atoms with E-state index in [1.54, 1.807) is 12.4 Å². The van der Waals surface area contributed by atoms with Gasteiger partial charge in [-0.3, -0.25) is 9.78 Å². The third kappa shape index (κ3) is 3.58. The third-order valence-corrected chi connectivity index (χ3v) is 5.69. The lowest BCUT2D eigenvalue weighted by molar-refractivity contribution is -0.122. The van der Waals surface area contributed by atoms with Crippen molar-refractivity contribution in [3.05, 3.63) is 99.8 Å². The van der Waals surface area contributed by atoms with Gasteiger partial charge in [0.2, 0.25) is 5.91 Å². The zero-order valence-corrected chi connectivity index (χ0v) is 16.0. The maximum Gasteiger partial charge on any atom is 0.224 e. The van der Waals surface area contributed by atoms with Gasteiger partial charge in [0.25, 0.3) is 0 Å². The second-order valence-electron chi connectivity index (χ2n) is 6.82. The molecule has 1 saturated carbocycles. The van der Waals surface area contributed by atoms with E-state index < -0.39 is 0 Å². The van der Waals surface area contributed by atoms with Crippen molar-refractivity contribution in [2.45, 2.75) is 18.4 Å². The standard InChI is InChI=1S/C22H18Cl2N2O/c23-18-7-3-16(4-8-18)22(17-5-9-19(24)10-6-17)12-20(22)21(27)26-14-15-2-1-11-25-13-15/h1-11,13,20H,12,14H2,(H,26,27)/t20-/m1/s1. The van der Waals surface area contributed by atoms with Crippen LogP contribution in [0.5, 0.6) is 0 Å². The Kier molecular flexibility index (Phi) is 4.90. The molecule has 27 heavy (non-hydrogen) atoms. The first-order valence-corrected chi connectivity index (χ1v) is 9.54. The van der Waals surface area contributed by atoms with Crippen LogP contribution in [-0.2, 0) is 16.8 Å². The van der Waals surface area contributed by atoms with Crippen LogP contribution in [0.3, 0.4) is 0 Å². The summed E-state index contributed by atoms with van der Waals surface area (Å²) >= 11 is 12.1. The molecule has 1 aromatic heterocycles. The van der Waals surface area contributed by atoms with Gasteiger partial charge in [-0.05, 0) is 53.4 Å². The van der Waals surface area contributed by atoms with Crippen molar-refractivity contribution in [2.24, 2.45) is 5.92 Å². The van der Waals surface area contributed by atoms with Gasteiger partial charge < -0.3 is 5.32 Å². The zero-order chi connectivity index (χ0) is 18.9. The first-order chi connectivity index (χ1) is 13.1. The molecule has 4 rings (SSSR count). The molecule has 1 heterocycles. The average molecular weight is 397 g/mol. The molecule has 1 atom stereocenters. The first kappa shape index (κ1) is 18.0. The molecular formula is C22H18Cl2N2O. The van der Waals surface area contributed by atoms with E-state index in [1.807, 2.05) is 60.7 Å². The van der Waals surface area contributed by atoms with Crippen LogP contribution in [0.25, 0.3) is 0 Å². The number of rotatable bonds is 5. The molecule has 1 fully saturated rings. The average Bonchev–Trinajstić information content (AvgIpc) is 3.45. The Morgan fingerprint density at radius 3 is 2.11 bits per heavy atom. The van der Waals surface area contributed by atoms with Crippen molar-refractivity contribution in [3.8, 4) is 0 Å². The molecule has 0 aliphatic heterocycles. The number of nitrogens with one attached hydrogen (secondary N) is 1. The van der Waals surface area contributed by atoms with Crippen LogP contribution in [0.2, 0.25) is 10.0 Å². The van der Waals surface area contributed by atoms with E-state index >= 15 is 0 Å². The van der Waals surface area contributed by atoms with Crippen LogP contribution in [-0.4, -0.2) is 10.9 Å². The summed E-state index contributed by atoms with van der Waals surface area (Å²) in [4.78, 5) is 17.0. The molecule has 1 aliphatic rings. The quantitative estimate of drug-likeness (QED) is 0.658. The van der Waals surface area contributed by atoms with Crippen LogP contribution in [0.4, 0.5) is 0 Å². The number of carbonyl (C=O) groups is 1. The SMILES string of the molecule is O=C(NCc1cccnc1)[C@H]1CC1(c1ccc(Cl)cc1)c1ccc(Cl)cc1. The van der Waals surface area contributed by atoms with Gasteiger partial charge in [-0.15, -0.1) is 0 Å². The highest BCUT2D eigenvalue weighted by molar-refractivity contribution is 6.30. The number of benzene rings is 2. The lowest BCUT2D eigenvalue weighted by Gasteiger charge is -2.19. The summed E-state index contributed by atoms with van der Waals surface area (Å²) in [6, 6.07) is 19.3. The molecule has 1 amide bonds. The van der Waals surface area contributed by atoms with Gasteiger partial charge in [-0.25, -0.2) is 0 Å². The molecule has 2 aromatic carbocycles. The minimum atomic E-state index is -0.339. The highest BCUT2D eigenvalue weighted by Crippen LogP contribution is 2.59. The zero-order valence-electron chi connectivity index (χ0n) is 14.5. The third-order valence-electron chi connectivity index (χ3n) is 5.19. The fourth-order valence-electron chi connectivity index (χ4n) is 3.69. The Morgan fingerprint density at radius 1 is 1.00 bits per heavy atom. The van der Waals surface area contributed by atoms with Crippen molar-refractivity contribution in [1.82, 2.24) is 10.3 Å². The maximum absolute atomic E-state index is 12.9. The van der Waals surface area contributed by atoms with Gasteiger partial charge >= 0.3 is 0 Å². The fraction of sp³-hybridized carbons (Fsp3) is 0.182. The minimum Gasteiger partial charge on any atom is -0.352 e. The molecule has 1 aliphatic carbocycles. The number of hydrogen-bond acceptors (Lipinski definition) is 2. The van der Waals surface area contributed by atoms with Crippen molar-refractivity contribution in [1.29, 1.82) is 0 Å².